The summed E-state index contributed by atoms with van der Waals surface area (Å²) in [6.45, 7) is 0. The fourth-order valence-electron chi connectivity index (χ4n) is 2.01. The fraction of sp³-hybridized carbons (Fsp3) is 0. The Kier molecular flexibility index (Phi) is 2.30. The van der Waals surface area contributed by atoms with Gasteiger partial charge in [0.1, 0.15) is 10.8 Å². The van der Waals surface area contributed by atoms with E-state index in [-0.39, 0.29) is 0 Å². The van der Waals surface area contributed by atoms with Gasteiger partial charge in [0.15, 0.2) is 5.65 Å². The second-order valence-corrected chi connectivity index (χ2v) is 5.54. The monoisotopic (exact) mass is 286 g/mol. The number of thiophene rings is 1. The van der Waals surface area contributed by atoms with Crippen LogP contribution in [0.25, 0.3) is 26.4 Å². The number of rotatable bonds is 1. The van der Waals surface area contributed by atoms with Crippen molar-refractivity contribution in [1.82, 2.24) is 19.6 Å². The Labute approximate surface area is 117 Å². The largest absolute Gasteiger partial charge is 0.255 e. The van der Waals surface area contributed by atoms with Gasteiger partial charge >= 0.3 is 0 Å². The summed E-state index contributed by atoms with van der Waals surface area (Å²) >= 11 is 7.61. The Morgan fingerprint density at radius 1 is 1.16 bits per heavy atom. The molecule has 4 nitrogen and oxygen atoms in total. The first-order valence-electron chi connectivity index (χ1n) is 5.66. The van der Waals surface area contributed by atoms with Crippen molar-refractivity contribution < 1.29 is 0 Å². The second-order valence-electron chi connectivity index (χ2n) is 4.07. The Morgan fingerprint density at radius 2 is 2.11 bits per heavy atom. The molecular formula is C13H7ClN4S. The summed E-state index contributed by atoms with van der Waals surface area (Å²) < 4.78 is 2.90. The van der Waals surface area contributed by atoms with E-state index in [0.717, 1.165) is 26.4 Å². The van der Waals surface area contributed by atoms with Crippen molar-refractivity contribution in [3.05, 3.63) is 47.9 Å². The van der Waals surface area contributed by atoms with Crippen molar-refractivity contribution in [3.63, 3.8) is 0 Å². The van der Waals surface area contributed by atoms with Crippen LogP contribution in [-0.4, -0.2) is 19.6 Å². The number of aromatic nitrogens is 4. The average molecular weight is 287 g/mol. The SMILES string of the molecule is Clc1ccc2ncc(-c3cc4ncccc4s3)n2n1. The zero-order chi connectivity index (χ0) is 12.8. The van der Waals surface area contributed by atoms with E-state index in [0.29, 0.717) is 5.15 Å². The van der Waals surface area contributed by atoms with Crippen molar-refractivity contribution in [2.45, 2.75) is 0 Å². The molecule has 0 spiro atoms. The van der Waals surface area contributed by atoms with Crippen molar-refractivity contribution in [2.75, 3.05) is 0 Å². The zero-order valence-corrected chi connectivity index (χ0v) is 11.2. The van der Waals surface area contributed by atoms with Crippen molar-refractivity contribution in [3.8, 4) is 10.6 Å². The van der Waals surface area contributed by atoms with Gasteiger partial charge in [-0.25, -0.2) is 9.50 Å². The first kappa shape index (κ1) is 10.9. The molecule has 19 heavy (non-hydrogen) atoms. The topological polar surface area (TPSA) is 43.1 Å². The summed E-state index contributed by atoms with van der Waals surface area (Å²) in [6.07, 6.45) is 3.60. The van der Waals surface area contributed by atoms with Gasteiger partial charge in [0.2, 0.25) is 0 Å². The summed E-state index contributed by atoms with van der Waals surface area (Å²) in [5, 5.41) is 4.74. The maximum Gasteiger partial charge on any atom is 0.154 e. The highest BCUT2D eigenvalue weighted by atomic mass is 35.5. The molecule has 0 atom stereocenters. The van der Waals surface area contributed by atoms with Crippen LogP contribution in [0.1, 0.15) is 0 Å². The maximum atomic E-state index is 5.95. The van der Waals surface area contributed by atoms with E-state index < -0.39 is 0 Å². The van der Waals surface area contributed by atoms with E-state index in [4.69, 9.17) is 11.6 Å². The van der Waals surface area contributed by atoms with Crippen LogP contribution in [0.3, 0.4) is 0 Å². The molecule has 0 aliphatic heterocycles. The first-order chi connectivity index (χ1) is 9.31. The lowest BCUT2D eigenvalue weighted by Crippen LogP contribution is -1.92. The van der Waals surface area contributed by atoms with Crippen molar-refractivity contribution in [1.29, 1.82) is 0 Å². The molecular weight excluding hydrogens is 280 g/mol. The molecule has 4 heterocycles. The molecule has 0 aromatic carbocycles. The lowest BCUT2D eigenvalue weighted by molar-refractivity contribution is 0.945. The molecule has 0 bridgehead atoms. The van der Waals surface area contributed by atoms with Crippen LogP contribution in [0, 0.1) is 0 Å². The van der Waals surface area contributed by atoms with Gasteiger partial charge in [-0.2, -0.15) is 5.10 Å². The molecule has 0 radical (unpaired) electrons. The van der Waals surface area contributed by atoms with Gasteiger partial charge in [0.05, 0.1) is 21.3 Å². The lowest BCUT2D eigenvalue weighted by atomic mass is 10.3. The number of halogens is 1. The molecule has 4 aromatic heterocycles. The van der Waals surface area contributed by atoms with E-state index in [9.17, 15) is 0 Å². The predicted octanol–water partition coefficient (Wildman–Crippen LogP) is 3.66. The molecule has 0 N–H and O–H groups in total. The van der Waals surface area contributed by atoms with E-state index >= 15 is 0 Å². The number of pyridine rings is 1. The normalized spacial score (nSPS) is 11.4. The quantitative estimate of drug-likeness (QED) is 0.536. The minimum absolute atomic E-state index is 0.450. The Hall–Kier alpha value is -1.98. The molecule has 0 saturated heterocycles. The summed E-state index contributed by atoms with van der Waals surface area (Å²) in [7, 11) is 0. The second kappa shape index (κ2) is 4.01. The molecule has 0 saturated carbocycles. The molecule has 0 unspecified atom stereocenters. The minimum Gasteiger partial charge on any atom is -0.255 e. The highest BCUT2D eigenvalue weighted by Crippen LogP contribution is 2.32. The number of fused-ring (bicyclic) bond motifs is 2. The van der Waals surface area contributed by atoms with Crippen molar-refractivity contribution in [2.24, 2.45) is 0 Å². The first-order valence-corrected chi connectivity index (χ1v) is 6.86. The van der Waals surface area contributed by atoms with Crippen LogP contribution in [0.5, 0.6) is 0 Å². The Balaban J connectivity index is 2.00. The highest BCUT2D eigenvalue weighted by molar-refractivity contribution is 7.22. The van der Waals surface area contributed by atoms with Gasteiger partial charge < -0.3 is 0 Å². The summed E-state index contributed by atoms with van der Waals surface area (Å²) in [6, 6.07) is 9.63. The predicted molar refractivity (Wildman–Crippen MR) is 76.6 cm³/mol. The lowest BCUT2D eigenvalue weighted by Gasteiger charge is -1.97. The molecule has 92 valence electrons. The van der Waals surface area contributed by atoms with Crippen LogP contribution in [0.2, 0.25) is 5.15 Å². The fourth-order valence-corrected chi connectivity index (χ4v) is 3.17. The molecule has 0 fully saturated rings. The number of nitrogens with zero attached hydrogens (tertiary/aromatic N) is 4. The third kappa shape index (κ3) is 1.70. The third-order valence-corrected chi connectivity index (χ3v) is 4.18. The minimum atomic E-state index is 0.450. The van der Waals surface area contributed by atoms with E-state index in [2.05, 4.69) is 21.1 Å². The van der Waals surface area contributed by atoms with Crippen LogP contribution in [0.15, 0.2) is 42.7 Å². The molecule has 0 aliphatic rings. The van der Waals surface area contributed by atoms with Crippen LogP contribution < -0.4 is 0 Å². The van der Waals surface area contributed by atoms with Gasteiger partial charge in [-0.1, -0.05) is 11.6 Å². The third-order valence-electron chi connectivity index (χ3n) is 2.87. The summed E-state index contributed by atoms with van der Waals surface area (Å²) in [5.41, 5.74) is 2.70. The molecule has 0 aliphatic carbocycles. The molecule has 4 rings (SSSR count). The van der Waals surface area contributed by atoms with Crippen LogP contribution >= 0.6 is 22.9 Å². The van der Waals surface area contributed by atoms with Gasteiger partial charge in [0.25, 0.3) is 0 Å². The zero-order valence-electron chi connectivity index (χ0n) is 9.62. The summed E-state index contributed by atoms with van der Waals surface area (Å²) in [5.74, 6) is 0. The van der Waals surface area contributed by atoms with Crippen molar-refractivity contribution >= 4 is 38.8 Å². The van der Waals surface area contributed by atoms with Gasteiger partial charge in [-0.3, -0.25) is 4.98 Å². The number of imidazole rings is 1. The molecule has 6 heteroatoms. The maximum absolute atomic E-state index is 5.95. The van der Waals surface area contributed by atoms with Gasteiger partial charge in [-0.15, -0.1) is 11.3 Å². The van der Waals surface area contributed by atoms with E-state index in [1.165, 1.54) is 0 Å². The van der Waals surface area contributed by atoms with Gasteiger partial charge in [0, 0.05) is 6.20 Å². The number of hydrogen-bond donors (Lipinski definition) is 0. The van der Waals surface area contributed by atoms with Crippen LogP contribution in [0.4, 0.5) is 0 Å². The standard InChI is InChI=1S/C13H7ClN4S/c14-12-3-4-13-16-7-9(18(13)17-12)11-6-8-10(19-11)2-1-5-15-8/h1-7H. The smallest absolute Gasteiger partial charge is 0.154 e. The van der Waals surface area contributed by atoms with E-state index in [1.807, 2.05) is 24.4 Å². The Bertz CT molecular complexity index is 863. The van der Waals surface area contributed by atoms with E-state index in [1.54, 1.807) is 28.1 Å². The average Bonchev–Trinajstić information content (AvgIpc) is 3.00. The summed E-state index contributed by atoms with van der Waals surface area (Å²) in [4.78, 5) is 9.76. The van der Waals surface area contributed by atoms with Crippen LogP contribution in [-0.2, 0) is 0 Å². The highest BCUT2D eigenvalue weighted by Gasteiger charge is 2.11. The number of hydrogen-bond acceptors (Lipinski definition) is 4. The molecule has 0 amide bonds. The molecule has 4 aromatic rings. The van der Waals surface area contributed by atoms with Gasteiger partial charge in [-0.05, 0) is 30.3 Å². The Morgan fingerprint density at radius 3 is 3.00 bits per heavy atom.